The average Bonchev–Trinajstić information content (AvgIpc) is 2.84. The Labute approximate surface area is 202 Å². The van der Waals surface area contributed by atoms with E-state index in [0.717, 1.165) is 22.4 Å². The summed E-state index contributed by atoms with van der Waals surface area (Å²) in [6.45, 7) is 10.7. The van der Waals surface area contributed by atoms with Crippen molar-refractivity contribution in [1.82, 2.24) is 9.97 Å². The van der Waals surface area contributed by atoms with Crippen LogP contribution < -0.4 is 4.90 Å². The highest BCUT2D eigenvalue weighted by molar-refractivity contribution is 6.00. The smallest absolute Gasteiger partial charge is 0.414 e. The third-order valence-electron chi connectivity index (χ3n) is 5.59. The maximum Gasteiger partial charge on any atom is 0.414 e. The molecule has 0 bridgehead atoms. The van der Waals surface area contributed by atoms with Gasteiger partial charge in [0, 0.05) is 48.7 Å². The van der Waals surface area contributed by atoms with E-state index in [0.29, 0.717) is 30.8 Å². The third kappa shape index (κ3) is 6.50. The number of ketones is 1. The van der Waals surface area contributed by atoms with Crippen molar-refractivity contribution in [3.8, 4) is 11.1 Å². The lowest BCUT2D eigenvalue weighted by atomic mass is 9.94. The first-order valence-corrected chi connectivity index (χ1v) is 11.7. The number of benzene rings is 2. The SMILES string of the molecule is CCN(C(=O)OCC(C)C)c1cc(C(=O)CC(C)c2cnccn2)cc(-c2ccc(C)cc2)c1. The number of Topliss-reactive ketones (excluding diaryl/α,β-unsaturated/α-hetero) is 1. The number of aromatic nitrogens is 2. The van der Waals surface area contributed by atoms with E-state index >= 15 is 0 Å². The summed E-state index contributed by atoms with van der Waals surface area (Å²) in [6.07, 6.45) is 4.82. The largest absolute Gasteiger partial charge is 0.449 e. The highest BCUT2D eigenvalue weighted by Crippen LogP contribution is 2.30. The van der Waals surface area contributed by atoms with Gasteiger partial charge in [-0.1, -0.05) is 50.6 Å². The van der Waals surface area contributed by atoms with Crippen LogP contribution in [0.1, 0.15) is 61.6 Å². The van der Waals surface area contributed by atoms with Crippen LogP contribution in [0.4, 0.5) is 10.5 Å². The Kier molecular flexibility index (Phi) is 8.52. The molecule has 0 saturated carbocycles. The van der Waals surface area contributed by atoms with E-state index in [1.165, 1.54) is 0 Å². The van der Waals surface area contributed by atoms with Crippen LogP contribution in [0.2, 0.25) is 0 Å². The summed E-state index contributed by atoms with van der Waals surface area (Å²) in [5, 5.41) is 0. The Morgan fingerprint density at radius 1 is 1.00 bits per heavy atom. The number of amides is 1. The highest BCUT2D eigenvalue weighted by Gasteiger charge is 2.21. The zero-order valence-corrected chi connectivity index (χ0v) is 20.6. The minimum atomic E-state index is -0.413. The van der Waals surface area contributed by atoms with Crippen LogP contribution in [0.3, 0.4) is 0 Å². The van der Waals surface area contributed by atoms with Crippen molar-refractivity contribution < 1.29 is 14.3 Å². The summed E-state index contributed by atoms with van der Waals surface area (Å²) in [4.78, 5) is 36.2. The van der Waals surface area contributed by atoms with Crippen molar-refractivity contribution in [2.45, 2.75) is 47.0 Å². The molecule has 1 unspecified atom stereocenters. The van der Waals surface area contributed by atoms with E-state index in [2.05, 4.69) is 9.97 Å². The zero-order chi connectivity index (χ0) is 24.7. The number of rotatable bonds is 9. The van der Waals surface area contributed by atoms with Crippen molar-refractivity contribution in [2.75, 3.05) is 18.1 Å². The molecule has 6 heteroatoms. The Morgan fingerprint density at radius 3 is 2.35 bits per heavy atom. The number of hydrogen-bond donors (Lipinski definition) is 0. The molecule has 0 saturated heterocycles. The maximum absolute atomic E-state index is 13.3. The molecule has 0 radical (unpaired) electrons. The summed E-state index contributed by atoms with van der Waals surface area (Å²) in [5.74, 6) is 0.146. The lowest BCUT2D eigenvalue weighted by Crippen LogP contribution is -2.32. The molecule has 3 rings (SSSR count). The van der Waals surface area contributed by atoms with Crippen molar-refractivity contribution in [2.24, 2.45) is 5.92 Å². The lowest BCUT2D eigenvalue weighted by molar-refractivity contribution is 0.0975. The van der Waals surface area contributed by atoms with E-state index in [1.807, 2.05) is 71.0 Å². The molecule has 0 N–H and O–H groups in total. The van der Waals surface area contributed by atoms with Gasteiger partial charge in [-0.25, -0.2) is 4.79 Å². The zero-order valence-electron chi connectivity index (χ0n) is 20.6. The summed E-state index contributed by atoms with van der Waals surface area (Å²) in [5.41, 5.74) is 4.99. The second-order valence-electron chi connectivity index (χ2n) is 9.01. The lowest BCUT2D eigenvalue weighted by Gasteiger charge is -2.23. The minimum absolute atomic E-state index is 0.0139. The molecular weight excluding hydrogens is 426 g/mol. The average molecular weight is 460 g/mol. The van der Waals surface area contributed by atoms with Crippen molar-refractivity contribution in [3.63, 3.8) is 0 Å². The van der Waals surface area contributed by atoms with Gasteiger partial charge in [0.05, 0.1) is 12.3 Å². The van der Waals surface area contributed by atoms with Crippen LogP contribution in [0.25, 0.3) is 11.1 Å². The van der Waals surface area contributed by atoms with Gasteiger partial charge in [-0.05, 0) is 49.1 Å². The molecule has 1 atom stereocenters. The Balaban J connectivity index is 1.97. The predicted octanol–water partition coefficient (Wildman–Crippen LogP) is 6.45. The number of hydrogen-bond acceptors (Lipinski definition) is 5. The molecule has 0 spiro atoms. The first kappa shape index (κ1) is 25.1. The van der Waals surface area contributed by atoms with Crippen LogP contribution in [0.15, 0.2) is 61.1 Å². The van der Waals surface area contributed by atoms with Gasteiger partial charge in [0.2, 0.25) is 0 Å². The van der Waals surface area contributed by atoms with E-state index in [9.17, 15) is 9.59 Å². The van der Waals surface area contributed by atoms with E-state index in [1.54, 1.807) is 29.6 Å². The number of carbonyl (C=O) groups excluding carboxylic acids is 2. The van der Waals surface area contributed by atoms with E-state index < -0.39 is 6.09 Å². The monoisotopic (exact) mass is 459 g/mol. The normalized spacial score (nSPS) is 11.8. The molecule has 34 heavy (non-hydrogen) atoms. The standard InChI is InChI=1S/C28H33N3O3/c1-6-31(28(33)34-18-19(2)3)25-15-23(22-9-7-20(4)8-10-22)14-24(16-25)27(32)13-21(5)26-17-29-11-12-30-26/h7-12,14-17,19,21H,6,13,18H2,1-5H3. The van der Waals surface area contributed by atoms with Gasteiger partial charge in [0.1, 0.15) is 0 Å². The molecule has 1 heterocycles. The van der Waals surface area contributed by atoms with Crippen LogP contribution in [0.5, 0.6) is 0 Å². The fraction of sp³-hybridized carbons (Fsp3) is 0.357. The topological polar surface area (TPSA) is 72.4 Å². The van der Waals surface area contributed by atoms with Crippen molar-refractivity contribution in [3.05, 3.63) is 77.9 Å². The van der Waals surface area contributed by atoms with Gasteiger partial charge in [0.25, 0.3) is 0 Å². The van der Waals surface area contributed by atoms with Crippen LogP contribution in [-0.4, -0.2) is 35.0 Å². The van der Waals surface area contributed by atoms with Crippen molar-refractivity contribution in [1.29, 1.82) is 0 Å². The number of carbonyl (C=O) groups is 2. The van der Waals surface area contributed by atoms with E-state index in [4.69, 9.17) is 4.74 Å². The Hall–Kier alpha value is -3.54. The molecular formula is C28H33N3O3. The maximum atomic E-state index is 13.3. The fourth-order valence-electron chi connectivity index (χ4n) is 3.64. The molecule has 3 aromatic rings. The molecule has 6 nitrogen and oxygen atoms in total. The number of anilines is 1. The molecule has 2 aromatic carbocycles. The first-order valence-electron chi connectivity index (χ1n) is 11.7. The number of ether oxygens (including phenoxy) is 1. The summed E-state index contributed by atoms with van der Waals surface area (Å²) >= 11 is 0. The second kappa shape index (κ2) is 11.5. The van der Waals surface area contributed by atoms with Crippen LogP contribution in [0, 0.1) is 12.8 Å². The van der Waals surface area contributed by atoms with Crippen LogP contribution >= 0.6 is 0 Å². The van der Waals surface area contributed by atoms with E-state index in [-0.39, 0.29) is 17.6 Å². The number of aryl methyl sites for hydroxylation is 1. The van der Waals surface area contributed by atoms with Gasteiger partial charge in [-0.3, -0.25) is 19.7 Å². The summed E-state index contributed by atoms with van der Waals surface area (Å²) in [7, 11) is 0. The third-order valence-corrected chi connectivity index (χ3v) is 5.59. The quantitative estimate of drug-likeness (QED) is 0.344. The number of nitrogens with zero attached hydrogens (tertiary/aromatic N) is 3. The molecule has 1 amide bonds. The van der Waals surface area contributed by atoms with Gasteiger partial charge in [-0.2, -0.15) is 0 Å². The molecule has 0 aliphatic carbocycles. The summed E-state index contributed by atoms with van der Waals surface area (Å²) < 4.78 is 5.48. The molecule has 0 fully saturated rings. The molecule has 1 aromatic heterocycles. The van der Waals surface area contributed by atoms with Crippen LogP contribution in [-0.2, 0) is 4.74 Å². The minimum Gasteiger partial charge on any atom is -0.449 e. The highest BCUT2D eigenvalue weighted by atomic mass is 16.6. The van der Waals surface area contributed by atoms with Gasteiger partial charge in [0.15, 0.2) is 5.78 Å². The van der Waals surface area contributed by atoms with Gasteiger partial charge < -0.3 is 4.74 Å². The molecule has 0 aliphatic heterocycles. The van der Waals surface area contributed by atoms with Crippen molar-refractivity contribution >= 4 is 17.6 Å². The second-order valence-corrected chi connectivity index (χ2v) is 9.01. The predicted molar refractivity (Wildman–Crippen MR) is 135 cm³/mol. The molecule has 0 aliphatic rings. The van der Waals surface area contributed by atoms with Gasteiger partial charge >= 0.3 is 6.09 Å². The Bertz CT molecular complexity index is 1110. The first-order chi connectivity index (χ1) is 16.3. The Morgan fingerprint density at radius 2 is 1.74 bits per heavy atom. The molecule has 178 valence electrons. The van der Waals surface area contributed by atoms with Gasteiger partial charge in [-0.15, -0.1) is 0 Å². The fourth-order valence-corrected chi connectivity index (χ4v) is 3.64. The summed E-state index contributed by atoms with van der Waals surface area (Å²) in [6, 6.07) is 13.7.